The number of nitrogens with one attached hydrogen (secondary N) is 2. The maximum atomic E-state index is 12.3. The van der Waals surface area contributed by atoms with Crippen LogP contribution >= 0.6 is 11.6 Å². The number of likely N-dealkylation sites (N-methyl/N-ethyl adjacent to an activating group) is 1. The van der Waals surface area contributed by atoms with Crippen LogP contribution < -0.4 is 10.6 Å². The second kappa shape index (κ2) is 10.8. The molecule has 0 heterocycles. The Morgan fingerprint density at radius 1 is 1.04 bits per heavy atom. The predicted octanol–water partition coefficient (Wildman–Crippen LogP) is 3.58. The van der Waals surface area contributed by atoms with Crippen LogP contribution in [0.15, 0.2) is 48.5 Å². The number of hydrogen-bond donors (Lipinski definition) is 2. The van der Waals surface area contributed by atoms with Crippen molar-refractivity contribution in [3.63, 3.8) is 0 Å². The quantitative estimate of drug-likeness (QED) is 0.675. The summed E-state index contributed by atoms with van der Waals surface area (Å²) in [6.07, 6.45) is 0. The van der Waals surface area contributed by atoms with Gasteiger partial charge < -0.3 is 10.6 Å². The van der Waals surface area contributed by atoms with E-state index in [0.717, 1.165) is 24.2 Å². The number of amides is 2. The smallest absolute Gasteiger partial charge is 0.251 e. The molecule has 0 spiro atoms. The predicted molar refractivity (Wildman–Crippen MR) is 114 cm³/mol. The zero-order chi connectivity index (χ0) is 20.5. The topological polar surface area (TPSA) is 61.4 Å². The van der Waals surface area contributed by atoms with E-state index in [1.807, 2.05) is 43.3 Å². The maximum Gasteiger partial charge on any atom is 0.251 e. The second-order valence-corrected chi connectivity index (χ2v) is 7.02. The lowest BCUT2D eigenvalue weighted by Crippen LogP contribution is -2.42. The van der Waals surface area contributed by atoms with Gasteiger partial charge in [-0.05, 0) is 43.8 Å². The highest BCUT2D eigenvalue weighted by Crippen LogP contribution is 2.26. The highest BCUT2D eigenvalue weighted by Gasteiger charge is 2.21. The molecule has 0 aromatic heterocycles. The molecule has 0 fully saturated rings. The fourth-order valence-corrected chi connectivity index (χ4v) is 3.43. The minimum Gasteiger partial charge on any atom is -0.353 e. The van der Waals surface area contributed by atoms with E-state index in [4.69, 9.17) is 11.6 Å². The van der Waals surface area contributed by atoms with Crippen molar-refractivity contribution in [1.82, 2.24) is 15.5 Å². The van der Waals surface area contributed by atoms with Crippen LogP contribution in [0, 0.1) is 6.92 Å². The molecule has 0 bridgehead atoms. The molecule has 0 radical (unpaired) electrons. The first-order chi connectivity index (χ1) is 13.5. The van der Waals surface area contributed by atoms with Crippen molar-refractivity contribution in [2.24, 2.45) is 0 Å². The summed E-state index contributed by atoms with van der Waals surface area (Å²) in [5.74, 6) is -0.490. The van der Waals surface area contributed by atoms with Crippen molar-refractivity contribution >= 4 is 23.4 Å². The van der Waals surface area contributed by atoms with Gasteiger partial charge in [0.25, 0.3) is 5.91 Å². The number of aryl methyl sites for hydroxylation is 1. The summed E-state index contributed by atoms with van der Waals surface area (Å²) < 4.78 is 0. The van der Waals surface area contributed by atoms with Crippen molar-refractivity contribution in [3.8, 4) is 0 Å². The monoisotopic (exact) mass is 401 g/mol. The SMILES string of the molecule is CCN(CC)C(CNC(=O)CNC(=O)c1cccc(C)c1)c1ccccc1Cl. The molecular weight excluding hydrogens is 374 g/mol. The highest BCUT2D eigenvalue weighted by atomic mass is 35.5. The second-order valence-electron chi connectivity index (χ2n) is 6.61. The van der Waals surface area contributed by atoms with Crippen LogP contribution in [-0.4, -0.2) is 42.9 Å². The van der Waals surface area contributed by atoms with E-state index < -0.39 is 0 Å². The van der Waals surface area contributed by atoms with Gasteiger partial charge in [0, 0.05) is 17.1 Å². The minimum absolute atomic E-state index is 0.0277. The highest BCUT2D eigenvalue weighted by molar-refractivity contribution is 6.31. The zero-order valence-corrected chi connectivity index (χ0v) is 17.4. The molecule has 0 aliphatic heterocycles. The van der Waals surface area contributed by atoms with Gasteiger partial charge in [0.1, 0.15) is 0 Å². The van der Waals surface area contributed by atoms with E-state index in [1.165, 1.54) is 0 Å². The molecular formula is C22H28ClN3O2. The minimum atomic E-state index is -0.259. The summed E-state index contributed by atoms with van der Waals surface area (Å²) in [7, 11) is 0. The molecule has 28 heavy (non-hydrogen) atoms. The van der Waals surface area contributed by atoms with Crippen LogP contribution in [0.5, 0.6) is 0 Å². The van der Waals surface area contributed by atoms with E-state index in [9.17, 15) is 9.59 Å². The van der Waals surface area contributed by atoms with Gasteiger partial charge in [0.05, 0.1) is 12.6 Å². The summed E-state index contributed by atoms with van der Waals surface area (Å²) in [6.45, 7) is 8.11. The van der Waals surface area contributed by atoms with Gasteiger partial charge in [0.2, 0.25) is 5.91 Å². The van der Waals surface area contributed by atoms with Crippen LogP contribution in [0.4, 0.5) is 0 Å². The largest absolute Gasteiger partial charge is 0.353 e. The van der Waals surface area contributed by atoms with Gasteiger partial charge in [-0.1, -0.05) is 61.3 Å². The Hall–Kier alpha value is -2.37. The molecule has 1 atom stereocenters. The molecule has 2 N–H and O–H groups in total. The molecule has 150 valence electrons. The zero-order valence-electron chi connectivity index (χ0n) is 16.7. The Bertz CT molecular complexity index is 806. The van der Waals surface area contributed by atoms with Crippen molar-refractivity contribution in [2.75, 3.05) is 26.2 Å². The molecule has 0 aliphatic rings. The first-order valence-electron chi connectivity index (χ1n) is 9.56. The third-order valence-corrected chi connectivity index (χ3v) is 5.04. The van der Waals surface area contributed by atoms with Crippen LogP contribution in [0.3, 0.4) is 0 Å². The summed E-state index contributed by atoms with van der Waals surface area (Å²) in [6, 6.07) is 14.9. The molecule has 2 rings (SSSR count). The summed E-state index contributed by atoms with van der Waals surface area (Å²) in [5, 5.41) is 6.27. The van der Waals surface area contributed by atoms with Gasteiger partial charge in [0.15, 0.2) is 0 Å². The van der Waals surface area contributed by atoms with E-state index in [2.05, 4.69) is 29.4 Å². The summed E-state index contributed by atoms with van der Waals surface area (Å²) in [4.78, 5) is 26.7. The number of rotatable bonds is 9. The van der Waals surface area contributed by atoms with Crippen LogP contribution in [0.1, 0.15) is 41.4 Å². The number of carbonyl (C=O) groups is 2. The van der Waals surface area contributed by atoms with E-state index in [0.29, 0.717) is 17.1 Å². The van der Waals surface area contributed by atoms with Crippen molar-refractivity contribution < 1.29 is 9.59 Å². The lowest BCUT2D eigenvalue weighted by Gasteiger charge is -2.31. The fraction of sp³-hybridized carbons (Fsp3) is 0.364. The standard InChI is InChI=1S/C22H28ClN3O2/c1-4-26(5-2)20(18-11-6-7-12-19(18)23)14-24-21(27)15-25-22(28)17-10-8-9-16(3)13-17/h6-13,20H,4-5,14-15H2,1-3H3,(H,24,27)(H,25,28). The lowest BCUT2D eigenvalue weighted by molar-refractivity contribution is -0.120. The molecule has 1 unspecified atom stereocenters. The van der Waals surface area contributed by atoms with Gasteiger partial charge in [-0.25, -0.2) is 0 Å². The van der Waals surface area contributed by atoms with Crippen molar-refractivity contribution in [1.29, 1.82) is 0 Å². The molecule has 2 aromatic carbocycles. The molecule has 0 saturated carbocycles. The van der Waals surface area contributed by atoms with E-state index in [-0.39, 0.29) is 24.4 Å². The molecule has 0 saturated heterocycles. The number of nitrogens with zero attached hydrogens (tertiary/aromatic N) is 1. The summed E-state index contributed by atoms with van der Waals surface area (Å²) in [5.41, 5.74) is 2.53. The Kier molecular flexibility index (Phi) is 8.48. The third kappa shape index (κ3) is 6.08. The Morgan fingerprint density at radius 2 is 1.75 bits per heavy atom. The van der Waals surface area contributed by atoms with E-state index in [1.54, 1.807) is 12.1 Å². The number of hydrogen-bond acceptors (Lipinski definition) is 3. The Labute approximate surface area is 172 Å². The van der Waals surface area contributed by atoms with Gasteiger partial charge in [-0.2, -0.15) is 0 Å². The van der Waals surface area contributed by atoms with Gasteiger partial charge in [-0.3, -0.25) is 14.5 Å². The number of carbonyl (C=O) groups excluding carboxylic acids is 2. The average molecular weight is 402 g/mol. The normalized spacial score (nSPS) is 11.9. The first kappa shape index (κ1) is 21.9. The maximum absolute atomic E-state index is 12.3. The van der Waals surface area contributed by atoms with Crippen LogP contribution in [-0.2, 0) is 4.79 Å². The van der Waals surface area contributed by atoms with Gasteiger partial charge >= 0.3 is 0 Å². The van der Waals surface area contributed by atoms with E-state index >= 15 is 0 Å². The fourth-order valence-electron chi connectivity index (χ4n) is 3.17. The summed E-state index contributed by atoms with van der Waals surface area (Å²) >= 11 is 6.38. The van der Waals surface area contributed by atoms with Gasteiger partial charge in [-0.15, -0.1) is 0 Å². The Morgan fingerprint density at radius 3 is 2.39 bits per heavy atom. The molecule has 0 aliphatic carbocycles. The Balaban J connectivity index is 1.96. The molecule has 5 nitrogen and oxygen atoms in total. The average Bonchev–Trinajstić information content (AvgIpc) is 2.70. The first-order valence-corrected chi connectivity index (χ1v) is 9.94. The molecule has 2 amide bonds. The number of halogens is 1. The molecule has 2 aromatic rings. The van der Waals surface area contributed by atoms with Crippen molar-refractivity contribution in [2.45, 2.75) is 26.8 Å². The molecule has 6 heteroatoms. The van der Waals surface area contributed by atoms with Crippen LogP contribution in [0.2, 0.25) is 5.02 Å². The van der Waals surface area contributed by atoms with Crippen LogP contribution in [0.25, 0.3) is 0 Å². The number of benzene rings is 2. The van der Waals surface area contributed by atoms with Crippen molar-refractivity contribution in [3.05, 3.63) is 70.2 Å². The third-order valence-electron chi connectivity index (χ3n) is 4.70. The lowest BCUT2D eigenvalue weighted by atomic mass is 10.0.